The number of benzene rings is 2. The zero-order valence-electron chi connectivity index (χ0n) is 24.4. The molecular formula is C34H38N4O4. The molecule has 0 radical (unpaired) electrons. The lowest BCUT2D eigenvalue weighted by atomic mass is 9.85. The van der Waals surface area contributed by atoms with Crippen LogP contribution in [0, 0.1) is 0 Å². The Morgan fingerprint density at radius 2 is 1.43 bits per heavy atom. The minimum Gasteiger partial charge on any atom is -0.466 e. The number of rotatable bonds is 7. The van der Waals surface area contributed by atoms with Crippen molar-refractivity contribution in [2.45, 2.75) is 64.7 Å². The van der Waals surface area contributed by atoms with Crippen LogP contribution in [0.5, 0.6) is 0 Å². The summed E-state index contributed by atoms with van der Waals surface area (Å²) in [4.78, 5) is 23.4. The number of esters is 2. The smallest absolute Gasteiger partial charge is 0.331 e. The van der Waals surface area contributed by atoms with E-state index in [-0.39, 0.29) is 17.9 Å². The minimum absolute atomic E-state index is 0.109. The van der Waals surface area contributed by atoms with Crippen LogP contribution >= 0.6 is 0 Å². The van der Waals surface area contributed by atoms with Crippen molar-refractivity contribution < 1.29 is 19.1 Å². The van der Waals surface area contributed by atoms with Crippen molar-refractivity contribution in [3.05, 3.63) is 102 Å². The summed E-state index contributed by atoms with van der Waals surface area (Å²) in [6.45, 7) is 4.51. The second-order valence-corrected chi connectivity index (χ2v) is 10.4. The van der Waals surface area contributed by atoms with Gasteiger partial charge in [-0.3, -0.25) is 4.79 Å². The van der Waals surface area contributed by atoms with Gasteiger partial charge in [0, 0.05) is 17.3 Å². The van der Waals surface area contributed by atoms with Crippen molar-refractivity contribution in [1.82, 2.24) is 19.6 Å². The average Bonchev–Trinajstić information content (AvgIpc) is 3.65. The van der Waals surface area contributed by atoms with Gasteiger partial charge >= 0.3 is 11.9 Å². The molecule has 8 nitrogen and oxygen atoms in total. The third-order valence-electron chi connectivity index (χ3n) is 7.68. The van der Waals surface area contributed by atoms with Gasteiger partial charge in [-0.2, -0.15) is 10.2 Å². The van der Waals surface area contributed by atoms with Crippen LogP contribution in [-0.4, -0.2) is 44.7 Å². The highest BCUT2D eigenvalue weighted by atomic mass is 16.5. The number of hydrogen-bond acceptors (Lipinski definition) is 6. The van der Waals surface area contributed by atoms with Gasteiger partial charge in [0.05, 0.1) is 49.1 Å². The third-order valence-corrected chi connectivity index (χ3v) is 7.68. The lowest BCUT2D eigenvalue weighted by molar-refractivity contribution is -0.143. The molecule has 0 aliphatic heterocycles. The Hall–Kier alpha value is -4.46. The van der Waals surface area contributed by atoms with E-state index in [9.17, 15) is 9.59 Å². The summed E-state index contributed by atoms with van der Waals surface area (Å²) >= 11 is 0. The summed E-state index contributed by atoms with van der Waals surface area (Å²) in [5, 5.41) is 9.03. The third kappa shape index (κ3) is 6.70. The first-order chi connectivity index (χ1) is 20.6. The van der Waals surface area contributed by atoms with Crippen LogP contribution in [0.25, 0.3) is 16.9 Å². The molecule has 1 unspecified atom stereocenters. The molecule has 2 aromatic heterocycles. The van der Waals surface area contributed by atoms with Crippen LogP contribution in [0.4, 0.5) is 0 Å². The standard InChI is InChI=1S/C17H20N2O2.C17H18N2O2/c2*1-2-21-17(20)11-13-7-6-10-16-15(13)12-18-19(16)14-8-4-3-5-9-14/h3-5,8-9,12-13H,2,6-7,10-11H2,1H3;3-5,8-9,11-12H,2,6-7,10H2,1H3/b;13-11+. The van der Waals surface area contributed by atoms with Crippen molar-refractivity contribution in [3.8, 4) is 11.4 Å². The van der Waals surface area contributed by atoms with Crippen molar-refractivity contribution in [2.75, 3.05) is 13.2 Å². The summed E-state index contributed by atoms with van der Waals surface area (Å²) in [7, 11) is 0. The first kappa shape index (κ1) is 29.0. The van der Waals surface area contributed by atoms with Gasteiger partial charge in [-0.25, -0.2) is 14.2 Å². The minimum atomic E-state index is -0.271. The fourth-order valence-corrected chi connectivity index (χ4v) is 5.81. The molecule has 0 saturated carbocycles. The van der Waals surface area contributed by atoms with Gasteiger partial charge in [-0.1, -0.05) is 36.4 Å². The van der Waals surface area contributed by atoms with E-state index in [1.807, 2.05) is 84.1 Å². The molecule has 0 bridgehead atoms. The summed E-state index contributed by atoms with van der Waals surface area (Å²) in [6, 6.07) is 20.2. The van der Waals surface area contributed by atoms with Crippen molar-refractivity contribution in [2.24, 2.45) is 0 Å². The molecule has 0 spiro atoms. The Morgan fingerprint density at radius 1 is 0.810 bits per heavy atom. The number of allylic oxidation sites excluding steroid dienone is 1. The van der Waals surface area contributed by atoms with E-state index in [0.717, 1.165) is 61.0 Å². The Balaban J connectivity index is 0.000000168. The Kier molecular flexibility index (Phi) is 9.64. The fraction of sp³-hybridized carbons (Fsp3) is 0.353. The van der Waals surface area contributed by atoms with Gasteiger partial charge in [0.2, 0.25) is 0 Å². The maximum atomic E-state index is 11.7. The highest BCUT2D eigenvalue weighted by molar-refractivity contribution is 5.92. The lowest BCUT2D eigenvalue weighted by Crippen LogP contribution is -2.16. The van der Waals surface area contributed by atoms with E-state index >= 15 is 0 Å². The summed E-state index contributed by atoms with van der Waals surface area (Å²) in [6.07, 6.45) is 11.9. The van der Waals surface area contributed by atoms with Crippen LogP contribution in [-0.2, 0) is 31.9 Å². The number of aromatic nitrogens is 4. The summed E-state index contributed by atoms with van der Waals surface area (Å²) < 4.78 is 14.1. The van der Waals surface area contributed by atoms with E-state index in [1.165, 1.54) is 17.0 Å². The molecule has 42 heavy (non-hydrogen) atoms. The molecule has 4 aromatic rings. The molecule has 1 atom stereocenters. The zero-order chi connectivity index (χ0) is 29.3. The zero-order valence-corrected chi connectivity index (χ0v) is 24.4. The second-order valence-electron chi connectivity index (χ2n) is 10.4. The predicted molar refractivity (Wildman–Crippen MR) is 162 cm³/mol. The molecule has 2 aromatic carbocycles. The topological polar surface area (TPSA) is 88.2 Å². The molecule has 8 heteroatoms. The molecule has 0 N–H and O–H groups in total. The maximum absolute atomic E-state index is 11.7. The van der Waals surface area contributed by atoms with E-state index < -0.39 is 0 Å². The van der Waals surface area contributed by atoms with Crippen LogP contribution in [0.2, 0.25) is 0 Å². The second kappa shape index (κ2) is 13.9. The highest BCUT2D eigenvalue weighted by Gasteiger charge is 2.27. The van der Waals surface area contributed by atoms with Gasteiger partial charge < -0.3 is 9.47 Å². The average molecular weight is 567 g/mol. The largest absolute Gasteiger partial charge is 0.466 e. The van der Waals surface area contributed by atoms with Gasteiger partial charge in [-0.15, -0.1) is 0 Å². The van der Waals surface area contributed by atoms with Crippen LogP contribution in [0.3, 0.4) is 0 Å². The first-order valence-corrected chi connectivity index (χ1v) is 14.9. The maximum Gasteiger partial charge on any atom is 0.331 e. The molecule has 2 aliphatic rings. The number of hydrogen-bond donors (Lipinski definition) is 0. The monoisotopic (exact) mass is 566 g/mol. The molecule has 2 heterocycles. The molecule has 0 fully saturated rings. The van der Waals surface area contributed by atoms with E-state index in [1.54, 1.807) is 6.08 Å². The highest BCUT2D eigenvalue weighted by Crippen LogP contribution is 2.35. The van der Waals surface area contributed by atoms with Gasteiger partial charge in [0.25, 0.3) is 0 Å². The van der Waals surface area contributed by atoms with Crippen LogP contribution in [0.15, 0.2) is 79.1 Å². The Morgan fingerprint density at radius 3 is 2.10 bits per heavy atom. The molecule has 218 valence electrons. The summed E-state index contributed by atoms with van der Waals surface area (Å²) in [5.41, 5.74) is 7.84. The number of ether oxygens (including phenoxy) is 2. The van der Waals surface area contributed by atoms with E-state index in [2.05, 4.69) is 22.3 Å². The SMILES string of the molecule is CCOC(=O)/C=C1\CCCc2c1cnn2-c1ccccc1.CCOC(=O)CC1CCCc2c1cnn2-c1ccccc1. The quantitative estimate of drug-likeness (QED) is 0.190. The molecule has 0 saturated heterocycles. The number of nitrogens with zero attached hydrogens (tertiary/aromatic N) is 4. The van der Waals surface area contributed by atoms with Crippen LogP contribution in [0.1, 0.15) is 74.4 Å². The normalized spacial score (nSPS) is 16.5. The Bertz CT molecular complexity index is 1520. The number of carbonyl (C=O) groups excluding carboxylic acids is 2. The number of para-hydroxylation sites is 2. The lowest BCUT2D eigenvalue weighted by Gasteiger charge is -2.22. The van der Waals surface area contributed by atoms with Crippen molar-refractivity contribution in [3.63, 3.8) is 0 Å². The van der Waals surface area contributed by atoms with Gasteiger partial charge in [0.1, 0.15) is 0 Å². The first-order valence-electron chi connectivity index (χ1n) is 14.9. The van der Waals surface area contributed by atoms with Crippen molar-refractivity contribution in [1.29, 1.82) is 0 Å². The molecule has 0 amide bonds. The predicted octanol–water partition coefficient (Wildman–Crippen LogP) is 6.40. The van der Waals surface area contributed by atoms with E-state index in [4.69, 9.17) is 9.47 Å². The molecular weight excluding hydrogens is 528 g/mol. The fourth-order valence-electron chi connectivity index (χ4n) is 5.81. The van der Waals surface area contributed by atoms with Crippen LogP contribution < -0.4 is 0 Å². The van der Waals surface area contributed by atoms with E-state index in [0.29, 0.717) is 19.6 Å². The number of fused-ring (bicyclic) bond motifs is 2. The van der Waals surface area contributed by atoms with Gasteiger partial charge in [-0.05, 0) is 93.7 Å². The molecule has 6 rings (SSSR count). The Labute approximate surface area is 247 Å². The number of carbonyl (C=O) groups is 2. The van der Waals surface area contributed by atoms with Gasteiger partial charge in [0.15, 0.2) is 0 Å². The molecule has 2 aliphatic carbocycles. The van der Waals surface area contributed by atoms with Crippen molar-refractivity contribution >= 4 is 17.5 Å². The summed E-state index contributed by atoms with van der Waals surface area (Å²) in [5.74, 6) is -0.138.